The second kappa shape index (κ2) is 5.60. The van der Waals surface area contributed by atoms with E-state index in [1.165, 1.54) is 18.2 Å². The maximum atomic E-state index is 12.1. The van der Waals surface area contributed by atoms with Gasteiger partial charge in [0.05, 0.1) is 12.1 Å². The smallest absolute Gasteiger partial charge is 0.404 e. The Morgan fingerprint density at radius 1 is 1.24 bits per heavy atom. The fourth-order valence-electron chi connectivity index (χ4n) is 1.08. The van der Waals surface area contributed by atoms with Crippen molar-refractivity contribution in [2.24, 2.45) is 0 Å². The number of alkyl halides is 3. The molecule has 0 heterocycles. The Morgan fingerprint density at radius 3 is 2.47 bits per heavy atom. The van der Waals surface area contributed by atoms with Gasteiger partial charge in [0.15, 0.2) is 0 Å². The molecule has 1 rings (SSSR count). The third-order valence-corrected chi connectivity index (χ3v) is 1.73. The molecule has 0 saturated heterocycles. The lowest BCUT2D eigenvalue weighted by Crippen LogP contribution is -2.17. The van der Waals surface area contributed by atoms with E-state index in [9.17, 15) is 13.2 Å². The summed E-state index contributed by atoms with van der Waals surface area (Å²) in [6, 6.07) is 5.82. The van der Waals surface area contributed by atoms with Gasteiger partial charge in [-0.25, -0.2) is 0 Å². The molecule has 5 heteroatoms. The van der Waals surface area contributed by atoms with Crippen LogP contribution < -0.4 is 4.74 Å². The van der Waals surface area contributed by atoms with Crippen LogP contribution in [0.2, 0.25) is 0 Å². The summed E-state index contributed by atoms with van der Waals surface area (Å²) in [7, 11) is 3.65. The van der Waals surface area contributed by atoms with Crippen molar-refractivity contribution in [2.75, 3.05) is 20.6 Å². The summed E-state index contributed by atoms with van der Waals surface area (Å²) < 4.78 is 40.2. The molecule has 0 atom stereocenters. The minimum Gasteiger partial charge on any atom is -0.404 e. The van der Waals surface area contributed by atoms with Crippen molar-refractivity contribution in [3.63, 3.8) is 0 Å². The third kappa shape index (κ3) is 5.27. The lowest BCUT2D eigenvalue weighted by Gasteiger charge is -2.10. The predicted molar refractivity (Wildman–Crippen MR) is 58.6 cm³/mol. The molecule has 0 amide bonds. The summed E-state index contributed by atoms with van der Waals surface area (Å²) in [4.78, 5) is 1.82. The first-order chi connectivity index (χ1) is 7.88. The number of ether oxygens (including phenoxy) is 1. The first kappa shape index (κ1) is 13.4. The molecule has 92 valence electrons. The molecule has 0 aliphatic carbocycles. The van der Waals surface area contributed by atoms with E-state index in [1.807, 2.05) is 19.0 Å². The van der Waals surface area contributed by atoms with Crippen molar-refractivity contribution < 1.29 is 17.9 Å². The summed E-state index contributed by atoms with van der Waals surface area (Å²) in [5.74, 6) is 5.13. The van der Waals surface area contributed by atoms with E-state index in [4.69, 9.17) is 0 Å². The lowest BCUT2D eigenvalue weighted by atomic mass is 10.2. The summed E-state index contributed by atoms with van der Waals surface area (Å²) >= 11 is 0. The molecule has 1 aromatic rings. The van der Waals surface area contributed by atoms with Crippen LogP contribution in [0.15, 0.2) is 24.3 Å². The van der Waals surface area contributed by atoms with E-state index in [2.05, 4.69) is 16.6 Å². The van der Waals surface area contributed by atoms with Crippen LogP contribution >= 0.6 is 0 Å². The zero-order valence-corrected chi connectivity index (χ0v) is 9.51. The standard InChI is InChI=1S/C12H12F3NO/c1-16(2)9-5-7-10-6-3-4-8-11(10)17-12(13,14)15/h3-4,6,8H,9H2,1-2H3. The quantitative estimate of drug-likeness (QED) is 0.740. The maximum absolute atomic E-state index is 12.1. The number of hydrogen-bond donors (Lipinski definition) is 0. The van der Waals surface area contributed by atoms with Crippen molar-refractivity contribution in [2.45, 2.75) is 6.36 Å². The van der Waals surface area contributed by atoms with E-state index in [-0.39, 0.29) is 11.3 Å². The highest BCUT2D eigenvalue weighted by Gasteiger charge is 2.31. The number of nitrogens with zero attached hydrogens (tertiary/aromatic N) is 1. The van der Waals surface area contributed by atoms with Crippen LogP contribution in [-0.4, -0.2) is 31.9 Å². The molecule has 0 spiro atoms. The third-order valence-electron chi connectivity index (χ3n) is 1.73. The van der Waals surface area contributed by atoms with E-state index >= 15 is 0 Å². The van der Waals surface area contributed by atoms with E-state index < -0.39 is 6.36 Å². The van der Waals surface area contributed by atoms with Gasteiger partial charge in [0.1, 0.15) is 5.75 Å². The Labute approximate surface area is 98.0 Å². The largest absolute Gasteiger partial charge is 0.573 e. The molecule has 0 aliphatic heterocycles. The summed E-state index contributed by atoms with van der Waals surface area (Å²) in [5.41, 5.74) is 0.228. The molecule has 0 aliphatic rings. The molecule has 0 aromatic heterocycles. The molecular weight excluding hydrogens is 231 g/mol. The predicted octanol–water partition coefficient (Wildman–Crippen LogP) is 2.50. The van der Waals surface area contributed by atoms with E-state index in [1.54, 1.807) is 6.07 Å². The Morgan fingerprint density at radius 2 is 1.88 bits per heavy atom. The molecule has 0 radical (unpaired) electrons. The Kier molecular flexibility index (Phi) is 4.41. The molecule has 0 saturated carbocycles. The minimum atomic E-state index is -4.70. The van der Waals surface area contributed by atoms with Crippen LogP contribution in [0, 0.1) is 11.8 Å². The fraction of sp³-hybridized carbons (Fsp3) is 0.333. The summed E-state index contributed by atoms with van der Waals surface area (Å²) in [6.45, 7) is 0.473. The SMILES string of the molecule is CN(C)CC#Cc1ccccc1OC(F)(F)F. The van der Waals surface area contributed by atoms with Gasteiger partial charge < -0.3 is 4.74 Å². The number of halogens is 3. The lowest BCUT2D eigenvalue weighted by molar-refractivity contribution is -0.274. The van der Waals surface area contributed by atoms with E-state index in [0.717, 1.165) is 0 Å². The monoisotopic (exact) mass is 243 g/mol. The van der Waals surface area contributed by atoms with Crippen LogP contribution in [0.25, 0.3) is 0 Å². The van der Waals surface area contributed by atoms with Gasteiger partial charge in [-0.05, 0) is 26.2 Å². The van der Waals surface area contributed by atoms with Gasteiger partial charge in [0.2, 0.25) is 0 Å². The second-order valence-electron chi connectivity index (χ2n) is 3.58. The van der Waals surface area contributed by atoms with Crippen LogP contribution in [0.1, 0.15) is 5.56 Å². The molecular formula is C12H12F3NO. The highest BCUT2D eigenvalue weighted by Crippen LogP contribution is 2.25. The van der Waals surface area contributed by atoms with Gasteiger partial charge in [-0.1, -0.05) is 24.0 Å². The van der Waals surface area contributed by atoms with E-state index in [0.29, 0.717) is 6.54 Å². The molecule has 0 bridgehead atoms. The van der Waals surface area contributed by atoms with Crippen LogP contribution in [-0.2, 0) is 0 Å². The Bertz CT molecular complexity index is 429. The maximum Gasteiger partial charge on any atom is 0.573 e. The van der Waals surface area contributed by atoms with Gasteiger partial charge in [0, 0.05) is 0 Å². The van der Waals surface area contributed by atoms with Gasteiger partial charge in [0.25, 0.3) is 0 Å². The molecule has 0 N–H and O–H groups in total. The highest BCUT2D eigenvalue weighted by molar-refractivity contribution is 5.46. The van der Waals surface area contributed by atoms with Crippen molar-refractivity contribution in [3.8, 4) is 17.6 Å². The molecule has 1 aromatic carbocycles. The van der Waals surface area contributed by atoms with Gasteiger partial charge in [-0.15, -0.1) is 13.2 Å². The first-order valence-corrected chi connectivity index (χ1v) is 4.87. The molecule has 0 fully saturated rings. The number of para-hydroxylation sites is 1. The molecule has 17 heavy (non-hydrogen) atoms. The van der Waals surface area contributed by atoms with Gasteiger partial charge in [-0.3, -0.25) is 4.90 Å². The van der Waals surface area contributed by atoms with Crippen LogP contribution in [0.5, 0.6) is 5.75 Å². The zero-order chi connectivity index (χ0) is 12.9. The normalized spacial score (nSPS) is 10.9. The topological polar surface area (TPSA) is 12.5 Å². The minimum absolute atomic E-state index is 0.228. The molecule has 0 unspecified atom stereocenters. The Hall–Kier alpha value is -1.67. The highest BCUT2D eigenvalue weighted by atomic mass is 19.4. The summed E-state index contributed by atoms with van der Waals surface area (Å²) in [5, 5.41) is 0. The average molecular weight is 243 g/mol. The van der Waals surface area contributed by atoms with Crippen molar-refractivity contribution >= 4 is 0 Å². The first-order valence-electron chi connectivity index (χ1n) is 4.87. The zero-order valence-electron chi connectivity index (χ0n) is 9.51. The average Bonchev–Trinajstić information content (AvgIpc) is 2.17. The number of rotatable bonds is 2. The molecule has 2 nitrogen and oxygen atoms in total. The Balaban J connectivity index is 2.87. The second-order valence-corrected chi connectivity index (χ2v) is 3.58. The fourth-order valence-corrected chi connectivity index (χ4v) is 1.08. The van der Waals surface area contributed by atoms with Gasteiger partial charge >= 0.3 is 6.36 Å². The van der Waals surface area contributed by atoms with Crippen LogP contribution in [0.3, 0.4) is 0 Å². The number of benzene rings is 1. The van der Waals surface area contributed by atoms with Crippen LogP contribution in [0.4, 0.5) is 13.2 Å². The van der Waals surface area contributed by atoms with Crippen molar-refractivity contribution in [1.29, 1.82) is 0 Å². The van der Waals surface area contributed by atoms with Crippen molar-refractivity contribution in [1.82, 2.24) is 4.90 Å². The number of hydrogen-bond acceptors (Lipinski definition) is 2. The van der Waals surface area contributed by atoms with Gasteiger partial charge in [-0.2, -0.15) is 0 Å². The summed E-state index contributed by atoms with van der Waals surface area (Å²) in [6.07, 6.45) is -4.70. The van der Waals surface area contributed by atoms with Crippen molar-refractivity contribution in [3.05, 3.63) is 29.8 Å².